The van der Waals surface area contributed by atoms with Crippen LogP contribution in [0.4, 0.5) is 5.69 Å². The summed E-state index contributed by atoms with van der Waals surface area (Å²) < 4.78 is 5.68. The standard InChI is InChI=1S/C22H28N4O2/c1-23-22(24-14-6-16-28-20-7-3-2-4-8-20)25-17-18-10-12-19(13-11-18)26-15-5-9-21(26)27/h2-4,7-8,10-13H,5-6,9,14-17H2,1H3,(H2,23,24,25). The Morgan fingerprint density at radius 3 is 2.57 bits per heavy atom. The number of anilines is 1. The molecule has 1 saturated heterocycles. The molecular formula is C22H28N4O2. The fourth-order valence-corrected chi connectivity index (χ4v) is 3.11. The van der Waals surface area contributed by atoms with Gasteiger partial charge in [0.2, 0.25) is 5.91 Å². The van der Waals surface area contributed by atoms with Gasteiger partial charge in [0, 0.05) is 38.8 Å². The number of ether oxygens (including phenoxy) is 1. The molecule has 0 atom stereocenters. The van der Waals surface area contributed by atoms with E-state index in [-0.39, 0.29) is 5.91 Å². The van der Waals surface area contributed by atoms with Crippen molar-refractivity contribution in [1.82, 2.24) is 10.6 Å². The van der Waals surface area contributed by atoms with Crippen molar-refractivity contribution in [2.24, 2.45) is 4.99 Å². The fraction of sp³-hybridized carbons (Fsp3) is 0.364. The van der Waals surface area contributed by atoms with Crippen molar-refractivity contribution in [3.63, 3.8) is 0 Å². The van der Waals surface area contributed by atoms with Crippen molar-refractivity contribution in [3.05, 3.63) is 60.2 Å². The number of hydrogen-bond donors (Lipinski definition) is 2. The summed E-state index contributed by atoms with van der Waals surface area (Å²) in [5.41, 5.74) is 2.12. The minimum Gasteiger partial charge on any atom is -0.494 e. The predicted octanol–water partition coefficient (Wildman–Crippen LogP) is 2.95. The van der Waals surface area contributed by atoms with Gasteiger partial charge in [0.15, 0.2) is 5.96 Å². The van der Waals surface area contributed by atoms with Crippen molar-refractivity contribution < 1.29 is 9.53 Å². The monoisotopic (exact) mass is 380 g/mol. The Balaban J connectivity index is 1.36. The van der Waals surface area contributed by atoms with E-state index < -0.39 is 0 Å². The maximum absolute atomic E-state index is 11.8. The number of para-hydroxylation sites is 1. The van der Waals surface area contributed by atoms with Crippen LogP contribution in [-0.4, -0.2) is 38.6 Å². The SMILES string of the molecule is CN=C(NCCCOc1ccccc1)NCc1ccc(N2CCCC2=O)cc1. The van der Waals surface area contributed by atoms with Gasteiger partial charge in [0.25, 0.3) is 0 Å². The number of rotatable bonds is 8. The first-order valence-electron chi connectivity index (χ1n) is 9.78. The van der Waals surface area contributed by atoms with Crippen molar-refractivity contribution in [1.29, 1.82) is 0 Å². The van der Waals surface area contributed by atoms with Gasteiger partial charge in [-0.15, -0.1) is 0 Å². The molecule has 28 heavy (non-hydrogen) atoms. The fourth-order valence-electron chi connectivity index (χ4n) is 3.11. The molecule has 0 aromatic heterocycles. The highest BCUT2D eigenvalue weighted by molar-refractivity contribution is 5.95. The average molecular weight is 380 g/mol. The van der Waals surface area contributed by atoms with Gasteiger partial charge < -0.3 is 20.3 Å². The van der Waals surface area contributed by atoms with E-state index in [1.807, 2.05) is 47.4 Å². The van der Waals surface area contributed by atoms with Crippen LogP contribution in [0.2, 0.25) is 0 Å². The summed E-state index contributed by atoms with van der Waals surface area (Å²) in [6, 6.07) is 17.9. The molecule has 1 aliphatic heterocycles. The number of carbonyl (C=O) groups is 1. The van der Waals surface area contributed by atoms with Gasteiger partial charge in [-0.05, 0) is 42.7 Å². The lowest BCUT2D eigenvalue weighted by molar-refractivity contribution is -0.117. The predicted molar refractivity (Wildman–Crippen MR) is 113 cm³/mol. The third-order valence-electron chi connectivity index (χ3n) is 4.63. The van der Waals surface area contributed by atoms with Crippen LogP contribution in [0.5, 0.6) is 5.75 Å². The highest BCUT2D eigenvalue weighted by Crippen LogP contribution is 2.21. The topological polar surface area (TPSA) is 66.0 Å². The molecule has 0 aliphatic carbocycles. The summed E-state index contributed by atoms with van der Waals surface area (Å²) >= 11 is 0. The van der Waals surface area contributed by atoms with Gasteiger partial charge >= 0.3 is 0 Å². The molecule has 2 aromatic carbocycles. The van der Waals surface area contributed by atoms with E-state index in [1.165, 1.54) is 0 Å². The molecule has 0 radical (unpaired) electrons. The van der Waals surface area contributed by atoms with Gasteiger partial charge in [-0.1, -0.05) is 30.3 Å². The summed E-state index contributed by atoms with van der Waals surface area (Å²) in [7, 11) is 1.76. The van der Waals surface area contributed by atoms with Gasteiger partial charge in [-0.2, -0.15) is 0 Å². The molecule has 6 nitrogen and oxygen atoms in total. The number of hydrogen-bond acceptors (Lipinski definition) is 3. The van der Waals surface area contributed by atoms with Crippen LogP contribution in [0, 0.1) is 0 Å². The van der Waals surface area contributed by atoms with Gasteiger partial charge in [-0.3, -0.25) is 9.79 Å². The summed E-state index contributed by atoms with van der Waals surface area (Å²) in [5.74, 6) is 1.87. The highest BCUT2D eigenvalue weighted by Gasteiger charge is 2.21. The number of amides is 1. The van der Waals surface area contributed by atoms with E-state index in [2.05, 4.69) is 27.8 Å². The molecular weight excluding hydrogens is 352 g/mol. The summed E-state index contributed by atoms with van der Waals surface area (Å²) in [6.45, 7) is 2.93. The third-order valence-corrected chi connectivity index (χ3v) is 4.63. The first-order valence-corrected chi connectivity index (χ1v) is 9.78. The molecule has 148 valence electrons. The molecule has 2 N–H and O–H groups in total. The lowest BCUT2D eigenvalue weighted by Gasteiger charge is -2.16. The van der Waals surface area contributed by atoms with Crippen molar-refractivity contribution in [2.75, 3.05) is 31.6 Å². The quantitative estimate of drug-likeness (QED) is 0.420. The lowest BCUT2D eigenvalue weighted by Crippen LogP contribution is -2.37. The highest BCUT2D eigenvalue weighted by atomic mass is 16.5. The largest absolute Gasteiger partial charge is 0.494 e. The smallest absolute Gasteiger partial charge is 0.227 e. The number of aliphatic imine (C=N–C) groups is 1. The maximum Gasteiger partial charge on any atom is 0.227 e. The first-order chi connectivity index (χ1) is 13.8. The molecule has 0 saturated carbocycles. The van der Waals surface area contributed by atoms with E-state index in [9.17, 15) is 4.79 Å². The van der Waals surface area contributed by atoms with E-state index in [4.69, 9.17) is 4.74 Å². The zero-order chi connectivity index (χ0) is 19.6. The third kappa shape index (κ3) is 5.74. The molecule has 1 amide bonds. The first kappa shape index (κ1) is 19.7. The normalized spacial score (nSPS) is 14.2. The molecule has 0 bridgehead atoms. The second kappa shape index (κ2) is 10.3. The number of guanidine groups is 1. The Kier molecular flexibility index (Phi) is 7.29. The lowest BCUT2D eigenvalue weighted by atomic mass is 10.2. The molecule has 0 spiro atoms. The second-order valence-corrected chi connectivity index (χ2v) is 6.68. The van der Waals surface area contributed by atoms with Crippen LogP contribution >= 0.6 is 0 Å². The van der Waals surface area contributed by atoms with Gasteiger partial charge in [0.05, 0.1) is 6.61 Å². The number of nitrogens with one attached hydrogen (secondary N) is 2. The zero-order valence-corrected chi connectivity index (χ0v) is 16.4. The Morgan fingerprint density at radius 2 is 1.89 bits per heavy atom. The minimum atomic E-state index is 0.215. The van der Waals surface area contributed by atoms with Crippen LogP contribution in [0.15, 0.2) is 59.6 Å². The van der Waals surface area contributed by atoms with Crippen LogP contribution in [0.25, 0.3) is 0 Å². The summed E-state index contributed by atoms with van der Waals surface area (Å²) in [4.78, 5) is 17.9. The molecule has 1 heterocycles. The Bertz CT molecular complexity index is 775. The number of carbonyl (C=O) groups excluding carboxylic acids is 1. The molecule has 1 aliphatic rings. The van der Waals surface area contributed by atoms with E-state index in [0.717, 1.165) is 48.9 Å². The summed E-state index contributed by atoms with van der Waals surface area (Å²) in [6.07, 6.45) is 2.48. The van der Waals surface area contributed by atoms with Gasteiger partial charge in [0.1, 0.15) is 5.75 Å². The van der Waals surface area contributed by atoms with Crippen molar-refractivity contribution in [3.8, 4) is 5.75 Å². The maximum atomic E-state index is 11.8. The Hall–Kier alpha value is -3.02. The van der Waals surface area contributed by atoms with Crippen molar-refractivity contribution in [2.45, 2.75) is 25.8 Å². The van der Waals surface area contributed by atoms with Gasteiger partial charge in [-0.25, -0.2) is 0 Å². The van der Waals surface area contributed by atoms with Crippen LogP contribution < -0.4 is 20.3 Å². The number of benzene rings is 2. The van der Waals surface area contributed by atoms with E-state index >= 15 is 0 Å². The second-order valence-electron chi connectivity index (χ2n) is 6.68. The van der Waals surface area contributed by atoms with Crippen LogP contribution in [0.3, 0.4) is 0 Å². The molecule has 6 heteroatoms. The Morgan fingerprint density at radius 1 is 1.11 bits per heavy atom. The Labute approximate surface area is 166 Å². The molecule has 1 fully saturated rings. The van der Waals surface area contributed by atoms with E-state index in [1.54, 1.807) is 7.05 Å². The zero-order valence-electron chi connectivity index (χ0n) is 16.4. The number of nitrogens with zero attached hydrogens (tertiary/aromatic N) is 2. The van der Waals surface area contributed by atoms with Crippen molar-refractivity contribution >= 4 is 17.6 Å². The molecule has 3 rings (SSSR count). The van der Waals surface area contributed by atoms with Crippen LogP contribution in [0.1, 0.15) is 24.8 Å². The minimum absolute atomic E-state index is 0.215. The molecule has 2 aromatic rings. The summed E-state index contributed by atoms with van der Waals surface area (Å²) in [5, 5.41) is 6.60. The van der Waals surface area contributed by atoms with E-state index in [0.29, 0.717) is 19.6 Å². The van der Waals surface area contributed by atoms with Crippen LogP contribution in [-0.2, 0) is 11.3 Å². The average Bonchev–Trinajstić information content (AvgIpc) is 3.17. The molecule has 0 unspecified atom stereocenters.